The zero-order valence-electron chi connectivity index (χ0n) is 13.8. The number of halogens is 3. The highest BCUT2D eigenvalue weighted by Crippen LogP contribution is 2.40. The zero-order chi connectivity index (χ0) is 19.1. The van der Waals surface area contributed by atoms with Crippen molar-refractivity contribution < 1.29 is 26.7 Å². The first-order valence-corrected chi connectivity index (χ1v) is 9.10. The van der Waals surface area contributed by atoms with Crippen LogP contribution < -0.4 is 0 Å². The molecule has 25 heavy (non-hydrogen) atoms. The largest absolute Gasteiger partial charge is 0.416 e. The first-order chi connectivity index (χ1) is 11.3. The normalized spacial score (nSPS) is 15.8. The van der Waals surface area contributed by atoms with E-state index < -0.39 is 31.9 Å². The highest BCUT2D eigenvalue weighted by atomic mass is 32.2. The lowest BCUT2D eigenvalue weighted by molar-refractivity contribution is -0.137. The van der Waals surface area contributed by atoms with E-state index in [1.807, 2.05) is 0 Å². The second-order valence-corrected chi connectivity index (χ2v) is 8.88. The molecule has 1 aromatic heterocycles. The molecule has 0 saturated heterocycles. The van der Waals surface area contributed by atoms with Crippen LogP contribution in [0.5, 0.6) is 0 Å². The number of hydrogen-bond donors (Lipinski definition) is 1. The molecule has 1 unspecified atom stereocenters. The minimum Gasteiger partial charge on any atom is -0.382 e. The van der Waals surface area contributed by atoms with Gasteiger partial charge in [0, 0.05) is 6.26 Å². The van der Waals surface area contributed by atoms with E-state index in [-0.39, 0.29) is 12.1 Å². The Hall–Kier alpha value is -1.94. The van der Waals surface area contributed by atoms with Crippen molar-refractivity contribution in [2.24, 2.45) is 0 Å². The zero-order valence-corrected chi connectivity index (χ0v) is 14.6. The van der Waals surface area contributed by atoms with E-state index in [4.69, 9.17) is 0 Å². The second kappa shape index (κ2) is 6.10. The highest BCUT2D eigenvalue weighted by Gasteiger charge is 2.52. The van der Waals surface area contributed by atoms with E-state index in [2.05, 4.69) is 10.1 Å². The summed E-state index contributed by atoms with van der Waals surface area (Å²) in [5, 5.41) is 15.1. The predicted molar refractivity (Wildman–Crippen MR) is 84.3 cm³/mol. The minimum absolute atomic E-state index is 0.0337. The van der Waals surface area contributed by atoms with Crippen molar-refractivity contribution in [3.8, 4) is 0 Å². The van der Waals surface area contributed by atoms with Crippen LogP contribution >= 0.6 is 0 Å². The molecule has 0 radical (unpaired) electrons. The number of rotatable bonds is 5. The molecule has 0 aliphatic carbocycles. The summed E-state index contributed by atoms with van der Waals surface area (Å²) in [7, 11) is -3.78. The van der Waals surface area contributed by atoms with Gasteiger partial charge in [0.2, 0.25) is 0 Å². The van der Waals surface area contributed by atoms with Gasteiger partial charge in [0.25, 0.3) is 0 Å². The SMILES string of the molecule is CC(C)(C(O)(Cn1cncn1)c1ccc(C(F)(F)F)cc1)S(C)(=O)=O. The third-order valence-corrected chi connectivity index (χ3v) is 6.66. The topological polar surface area (TPSA) is 85.1 Å². The Labute approximate surface area is 143 Å². The molecule has 2 rings (SSSR count). The van der Waals surface area contributed by atoms with Crippen LogP contribution in [0.4, 0.5) is 13.2 Å². The number of aliphatic hydroxyl groups is 1. The van der Waals surface area contributed by atoms with Gasteiger partial charge in [-0.3, -0.25) is 0 Å². The van der Waals surface area contributed by atoms with E-state index in [1.54, 1.807) is 0 Å². The van der Waals surface area contributed by atoms with Crippen molar-refractivity contribution >= 4 is 9.84 Å². The smallest absolute Gasteiger partial charge is 0.382 e. The van der Waals surface area contributed by atoms with Crippen molar-refractivity contribution in [2.45, 2.75) is 36.9 Å². The monoisotopic (exact) mass is 377 g/mol. The van der Waals surface area contributed by atoms with Crippen LogP contribution in [0.2, 0.25) is 0 Å². The number of sulfone groups is 1. The summed E-state index contributed by atoms with van der Waals surface area (Å²) in [6, 6.07) is 3.76. The Kier molecular flexibility index (Phi) is 4.73. The average molecular weight is 377 g/mol. The van der Waals surface area contributed by atoms with Gasteiger partial charge >= 0.3 is 6.18 Å². The molecule has 1 N–H and O–H groups in total. The summed E-state index contributed by atoms with van der Waals surface area (Å²) in [5.74, 6) is 0. The van der Waals surface area contributed by atoms with Gasteiger partial charge in [0.05, 0.1) is 12.1 Å². The lowest BCUT2D eigenvalue weighted by Gasteiger charge is -2.41. The summed E-state index contributed by atoms with van der Waals surface area (Å²) >= 11 is 0. The Balaban J connectivity index is 2.59. The summed E-state index contributed by atoms with van der Waals surface area (Å²) in [4.78, 5) is 3.73. The maximum Gasteiger partial charge on any atom is 0.416 e. The Morgan fingerprint density at radius 3 is 2.04 bits per heavy atom. The maximum atomic E-state index is 12.8. The predicted octanol–water partition coefficient (Wildman–Crippen LogP) is 2.01. The first kappa shape index (κ1) is 19.4. The fourth-order valence-corrected chi connectivity index (χ4v) is 3.22. The second-order valence-electron chi connectivity index (χ2n) is 6.31. The van der Waals surface area contributed by atoms with Crippen LogP contribution in [-0.4, -0.2) is 39.3 Å². The first-order valence-electron chi connectivity index (χ1n) is 7.21. The van der Waals surface area contributed by atoms with E-state index in [0.717, 1.165) is 30.5 Å². The number of aromatic nitrogens is 3. The van der Waals surface area contributed by atoms with Crippen LogP contribution in [-0.2, 0) is 28.2 Å². The standard InChI is InChI=1S/C15H18F3N3O3S/c1-13(2,25(3,23)24)14(22,8-21-10-19-9-20-21)11-4-6-12(7-5-11)15(16,17)18/h4-7,9-10,22H,8H2,1-3H3. The number of hydrogen-bond acceptors (Lipinski definition) is 5. The molecule has 6 nitrogen and oxygen atoms in total. The van der Waals surface area contributed by atoms with Crippen molar-refractivity contribution in [3.63, 3.8) is 0 Å². The fraction of sp³-hybridized carbons (Fsp3) is 0.467. The minimum atomic E-state index is -4.53. The van der Waals surface area contributed by atoms with Crippen LogP contribution in [0.1, 0.15) is 25.0 Å². The quantitative estimate of drug-likeness (QED) is 0.862. The summed E-state index contributed by atoms with van der Waals surface area (Å²) in [5.41, 5.74) is -2.89. The molecule has 1 aromatic carbocycles. The molecule has 0 spiro atoms. The van der Waals surface area contributed by atoms with Crippen LogP contribution in [0.3, 0.4) is 0 Å². The fourth-order valence-electron chi connectivity index (χ4n) is 2.42. The molecular formula is C15H18F3N3O3S. The third-order valence-electron chi connectivity index (χ3n) is 4.47. The van der Waals surface area contributed by atoms with E-state index in [9.17, 15) is 26.7 Å². The molecule has 0 aliphatic rings. The van der Waals surface area contributed by atoms with E-state index in [0.29, 0.717) is 0 Å². The van der Waals surface area contributed by atoms with Gasteiger partial charge in [0.1, 0.15) is 23.0 Å². The summed E-state index contributed by atoms with van der Waals surface area (Å²) in [6.45, 7) is 2.34. The van der Waals surface area contributed by atoms with Gasteiger partial charge < -0.3 is 5.11 Å². The lowest BCUT2D eigenvalue weighted by atomic mass is 9.82. The van der Waals surface area contributed by atoms with Crippen LogP contribution in [0, 0.1) is 0 Å². The molecule has 0 amide bonds. The third kappa shape index (κ3) is 3.54. The van der Waals surface area contributed by atoms with E-state index >= 15 is 0 Å². The number of benzene rings is 1. The Morgan fingerprint density at radius 2 is 1.64 bits per heavy atom. The van der Waals surface area contributed by atoms with Gasteiger partial charge in [0.15, 0.2) is 9.84 Å². The highest BCUT2D eigenvalue weighted by molar-refractivity contribution is 7.92. The van der Waals surface area contributed by atoms with Crippen LogP contribution in [0.25, 0.3) is 0 Å². The van der Waals surface area contributed by atoms with Crippen molar-refractivity contribution in [1.29, 1.82) is 0 Å². The summed E-state index contributed by atoms with van der Waals surface area (Å²) in [6.07, 6.45) is -1.08. The maximum absolute atomic E-state index is 12.8. The van der Waals surface area contributed by atoms with Gasteiger partial charge in [-0.25, -0.2) is 18.1 Å². The molecule has 10 heteroatoms. The van der Waals surface area contributed by atoms with Crippen molar-refractivity contribution in [1.82, 2.24) is 14.8 Å². The molecular weight excluding hydrogens is 359 g/mol. The van der Waals surface area contributed by atoms with Gasteiger partial charge in [-0.1, -0.05) is 12.1 Å². The van der Waals surface area contributed by atoms with Crippen molar-refractivity contribution in [3.05, 3.63) is 48.0 Å². The molecule has 0 saturated carbocycles. The van der Waals surface area contributed by atoms with Crippen molar-refractivity contribution in [2.75, 3.05) is 6.26 Å². The molecule has 0 bridgehead atoms. The lowest BCUT2D eigenvalue weighted by Crippen LogP contribution is -2.54. The molecule has 0 aliphatic heterocycles. The summed E-state index contributed by atoms with van der Waals surface area (Å²) < 4.78 is 62.3. The molecule has 1 atom stereocenters. The van der Waals surface area contributed by atoms with Gasteiger partial charge in [-0.2, -0.15) is 18.3 Å². The van der Waals surface area contributed by atoms with Crippen LogP contribution in [0.15, 0.2) is 36.9 Å². The molecule has 0 fully saturated rings. The Bertz CT molecular complexity index is 831. The molecule has 1 heterocycles. The molecule has 138 valence electrons. The van der Waals surface area contributed by atoms with Gasteiger partial charge in [-0.05, 0) is 31.5 Å². The van der Waals surface area contributed by atoms with Gasteiger partial charge in [-0.15, -0.1) is 0 Å². The number of alkyl halides is 3. The molecule has 2 aromatic rings. The van der Waals surface area contributed by atoms with E-state index in [1.165, 1.54) is 31.2 Å². The Morgan fingerprint density at radius 1 is 1.12 bits per heavy atom. The average Bonchev–Trinajstić information content (AvgIpc) is 2.97. The number of nitrogens with zero attached hydrogens (tertiary/aromatic N) is 3.